The molecule has 152 valence electrons. The zero-order chi connectivity index (χ0) is 20.5. The summed E-state index contributed by atoms with van der Waals surface area (Å²) < 4.78 is 16.7. The van der Waals surface area contributed by atoms with Gasteiger partial charge in [-0.15, -0.1) is 0 Å². The van der Waals surface area contributed by atoms with Gasteiger partial charge in [0.2, 0.25) is 6.29 Å². The molecule has 1 aromatic carbocycles. The summed E-state index contributed by atoms with van der Waals surface area (Å²) >= 11 is 0. The van der Waals surface area contributed by atoms with Gasteiger partial charge in [-0.2, -0.15) is 0 Å². The summed E-state index contributed by atoms with van der Waals surface area (Å²) in [6, 6.07) is 14.9. The minimum atomic E-state index is -1.51. The fraction of sp³-hybridized carbons (Fsp3) is 0.286. The second-order valence-electron chi connectivity index (χ2n) is 6.84. The maximum absolute atomic E-state index is 11.5. The Morgan fingerprint density at radius 3 is 2.21 bits per heavy atom. The van der Waals surface area contributed by atoms with Crippen molar-refractivity contribution in [1.29, 1.82) is 0 Å². The van der Waals surface area contributed by atoms with Gasteiger partial charge in [0.05, 0.1) is 6.61 Å². The Morgan fingerprint density at radius 1 is 0.828 bits per heavy atom. The average Bonchev–Trinajstić information content (AvgIpc) is 2.74. The first-order valence-corrected chi connectivity index (χ1v) is 9.08. The van der Waals surface area contributed by atoms with Crippen molar-refractivity contribution in [3.05, 3.63) is 64.8 Å². The van der Waals surface area contributed by atoms with Crippen molar-refractivity contribution in [3.63, 3.8) is 0 Å². The van der Waals surface area contributed by atoms with Gasteiger partial charge in [-0.25, -0.2) is 0 Å². The van der Waals surface area contributed by atoms with E-state index in [0.717, 1.165) is 11.1 Å². The fourth-order valence-electron chi connectivity index (χ4n) is 3.21. The summed E-state index contributed by atoms with van der Waals surface area (Å²) in [5.74, 6) is 1.39. The maximum Gasteiger partial charge on any atom is 0.229 e. The SMILES string of the molecule is O=c1ccc2ccc(-c3ccc(O[C@@H]4O[C@H](CO)[C@@H](O)[C@H](O)[C@H]4O)cc3)oc-2c1. The van der Waals surface area contributed by atoms with Gasteiger partial charge in [0, 0.05) is 17.2 Å². The van der Waals surface area contributed by atoms with E-state index in [1.807, 2.05) is 6.07 Å². The van der Waals surface area contributed by atoms with Crippen molar-refractivity contribution in [1.82, 2.24) is 0 Å². The highest BCUT2D eigenvalue weighted by molar-refractivity contribution is 5.65. The molecule has 0 aromatic heterocycles. The first-order valence-electron chi connectivity index (χ1n) is 9.08. The molecule has 0 unspecified atom stereocenters. The third kappa shape index (κ3) is 3.89. The molecular weight excluding hydrogens is 380 g/mol. The van der Waals surface area contributed by atoms with Gasteiger partial charge in [-0.05, 0) is 48.5 Å². The van der Waals surface area contributed by atoms with Gasteiger partial charge in [-0.1, -0.05) is 0 Å². The molecule has 1 fully saturated rings. The molecule has 0 saturated carbocycles. The molecule has 4 rings (SSSR count). The first-order chi connectivity index (χ1) is 14.0. The first kappa shape index (κ1) is 19.6. The van der Waals surface area contributed by atoms with E-state index in [1.165, 1.54) is 12.1 Å². The largest absolute Gasteiger partial charge is 0.462 e. The van der Waals surface area contributed by atoms with Gasteiger partial charge in [0.15, 0.2) is 5.43 Å². The monoisotopic (exact) mass is 400 g/mol. The molecule has 8 heteroatoms. The van der Waals surface area contributed by atoms with Crippen LogP contribution in [0.1, 0.15) is 0 Å². The van der Waals surface area contributed by atoms with E-state index in [4.69, 9.17) is 13.9 Å². The second-order valence-corrected chi connectivity index (χ2v) is 6.84. The van der Waals surface area contributed by atoms with Gasteiger partial charge in [0.25, 0.3) is 0 Å². The summed E-state index contributed by atoms with van der Waals surface area (Å²) in [7, 11) is 0. The van der Waals surface area contributed by atoms with Crippen molar-refractivity contribution in [2.24, 2.45) is 0 Å². The zero-order valence-electron chi connectivity index (χ0n) is 15.2. The fourth-order valence-corrected chi connectivity index (χ4v) is 3.21. The minimum Gasteiger partial charge on any atom is -0.462 e. The summed E-state index contributed by atoms with van der Waals surface area (Å²) in [5.41, 5.74) is 1.42. The third-order valence-corrected chi connectivity index (χ3v) is 4.86. The van der Waals surface area contributed by atoms with Crippen LogP contribution in [0.4, 0.5) is 0 Å². The number of fused-ring (bicyclic) bond motifs is 1. The summed E-state index contributed by atoms with van der Waals surface area (Å²) in [6.07, 6.45) is -6.73. The van der Waals surface area contributed by atoms with Crippen LogP contribution in [0.2, 0.25) is 0 Å². The number of hydrogen-bond donors (Lipinski definition) is 4. The number of hydrogen-bond acceptors (Lipinski definition) is 8. The lowest BCUT2D eigenvalue weighted by Gasteiger charge is -2.39. The Morgan fingerprint density at radius 2 is 1.48 bits per heavy atom. The lowest BCUT2D eigenvalue weighted by Crippen LogP contribution is -2.60. The van der Waals surface area contributed by atoms with E-state index in [-0.39, 0.29) is 5.43 Å². The number of ether oxygens (including phenoxy) is 2. The van der Waals surface area contributed by atoms with Crippen molar-refractivity contribution in [3.8, 4) is 28.4 Å². The second kappa shape index (κ2) is 7.94. The highest BCUT2D eigenvalue weighted by Crippen LogP contribution is 2.30. The Balaban J connectivity index is 1.53. The lowest BCUT2D eigenvalue weighted by atomic mass is 9.99. The van der Waals surface area contributed by atoms with E-state index in [2.05, 4.69) is 0 Å². The molecule has 1 aromatic rings. The molecule has 0 bridgehead atoms. The zero-order valence-corrected chi connectivity index (χ0v) is 15.2. The van der Waals surface area contributed by atoms with Crippen LogP contribution in [-0.4, -0.2) is 57.7 Å². The van der Waals surface area contributed by atoms with Gasteiger partial charge < -0.3 is 34.3 Å². The molecule has 8 nitrogen and oxygen atoms in total. The third-order valence-electron chi connectivity index (χ3n) is 4.86. The van der Waals surface area contributed by atoms with Crippen molar-refractivity contribution in [2.75, 3.05) is 6.61 Å². The molecule has 4 N–H and O–H groups in total. The number of aliphatic hydroxyl groups is 4. The smallest absolute Gasteiger partial charge is 0.229 e. The number of benzene rings is 2. The molecule has 1 aliphatic carbocycles. The van der Waals surface area contributed by atoms with Crippen molar-refractivity contribution >= 4 is 0 Å². The minimum absolute atomic E-state index is 0.137. The molecule has 0 radical (unpaired) electrons. The highest BCUT2D eigenvalue weighted by Gasteiger charge is 2.44. The van der Waals surface area contributed by atoms with Crippen molar-refractivity contribution < 1.29 is 34.3 Å². The van der Waals surface area contributed by atoms with E-state index >= 15 is 0 Å². The molecule has 29 heavy (non-hydrogen) atoms. The van der Waals surface area contributed by atoms with E-state index in [0.29, 0.717) is 17.3 Å². The van der Waals surface area contributed by atoms with Crippen LogP contribution in [0.5, 0.6) is 5.75 Å². The molecule has 0 spiro atoms. The molecule has 2 aliphatic heterocycles. The molecule has 1 saturated heterocycles. The van der Waals surface area contributed by atoms with Gasteiger partial charge in [-0.3, -0.25) is 4.79 Å². The molecule has 0 amide bonds. The maximum atomic E-state index is 11.5. The van der Waals surface area contributed by atoms with Crippen molar-refractivity contribution in [2.45, 2.75) is 30.7 Å². The Hall–Kier alpha value is -2.75. The summed E-state index contributed by atoms with van der Waals surface area (Å²) in [6.45, 7) is -0.529. The normalized spacial score (nSPS) is 27.1. The molecule has 3 aliphatic rings. The Kier molecular flexibility index (Phi) is 5.35. The average molecular weight is 400 g/mol. The molecule has 2 heterocycles. The van der Waals surface area contributed by atoms with Crippen LogP contribution < -0.4 is 10.2 Å². The topological polar surface area (TPSA) is 130 Å². The van der Waals surface area contributed by atoms with Gasteiger partial charge in [0.1, 0.15) is 41.7 Å². The van der Waals surface area contributed by atoms with E-state index < -0.39 is 37.3 Å². The van der Waals surface area contributed by atoms with Crippen LogP contribution in [0.25, 0.3) is 22.6 Å². The van der Waals surface area contributed by atoms with Crippen LogP contribution in [-0.2, 0) is 4.74 Å². The van der Waals surface area contributed by atoms with Gasteiger partial charge >= 0.3 is 0 Å². The predicted molar refractivity (Wildman–Crippen MR) is 101 cm³/mol. The Bertz CT molecular complexity index is 996. The standard InChI is InChI=1S/C21H20O8/c22-10-17-18(24)19(25)20(26)21(29-17)27-14-6-2-11(3-7-14)15-8-4-12-1-5-13(23)9-16(12)28-15/h1-9,17-22,24-26H,10H2/t17-,18-,19+,20-,21-/m1/s1. The highest BCUT2D eigenvalue weighted by atomic mass is 16.7. The van der Waals surface area contributed by atoms with Crippen LogP contribution in [0.3, 0.4) is 0 Å². The number of rotatable bonds is 4. The van der Waals surface area contributed by atoms with Crippen LogP contribution >= 0.6 is 0 Å². The lowest BCUT2D eigenvalue weighted by molar-refractivity contribution is -0.277. The summed E-state index contributed by atoms with van der Waals surface area (Å²) in [4.78, 5) is 11.5. The van der Waals surface area contributed by atoms with Crippen LogP contribution in [0.15, 0.2) is 63.8 Å². The summed E-state index contributed by atoms with van der Waals surface area (Å²) in [5, 5.41) is 39.0. The van der Waals surface area contributed by atoms with E-state index in [9.17, 15) is 25.2 Å². The Labute approximate surface area is 165 Å². The molecular formula is C21H20O8. The van der Waals surface area contributed by atoms with Crippen LogP contribution in [0, 0.1) is 0 Å². The number of aliphatic hydroxyl groups excluding tert-OH is 4. The van der Waals surface area contributed by atoms with E-state index in [1.54, 1.807) is 36.4 Å². The molecule has 5 atom stereocenters. The predicted octanol–water partition coefficient (Wildman–Crippen LogP) is 0.590. The quantitative estimate of drug-likeness (QED) is 0.501.